The van der Waals surface area contributed by atoms with Crippen LogP contribution in [0.4, 0.5) is 0 Å². The molecule has 1 heterocycles. The summed E-state index contributed by atoms with van der Waals surface area (Å²) in [6, 6.07) is 0.833. The lowest BCUT2D eigenvalue weighted by Crippen LogP contribution is -2.46. The lowest BCUT2D eigenvalue weighted by Gasteiger charge is -2.40. The molecule has 94 valence electrons. The van der Waals surface area contributed by atoms with E-state index in [1.54, 1.807) is 0 Å². The van der Waals surface area contributed by atoms with Crippen LogP contribution < -0.4 is 5.32 Å². The Labute approximate surface area is 101 Å². The molecule has 1 N–H and O–H groups in total. The first-order valence-electron chi connectivity index (χ1n) is 7.07. The third-order valence-corrected chi connectivity index (χ3v) is 4.53. The van der Waals surface area contributed by atoms with Crippen molar-refractivity contribution in [3.8, 4) is 0 Å². The van der Waals surface area contributed by atoms with E-state index in [-0.39, 0.29) is 0 Å². The molecular weight excluding hydrogens is 196 g/mol. The summed E-state index contributed by atoms with van der Waals surface area (Å²) < 4.78 is 0. The highest BCUT2D eigenvalue weighted by Gasteiger charge is 2.31. The number of likely N-dealkylation sites (tertiary alicyclic amines) is 1. The maximum atomic E-state index is 3.77. The molecule has 0 aromatic carbocycles. The molecule has 0 spiro atoms. The summed E-state index contributed by atoms with van der Waals surface area (Å²) >= 11 is 0. The van der Waals surface area contributed by atoms with E-state index >= 15 is 0 Å². The van der Waals surface area contributed by atoms with E-state index in [1.165, 1.54) is 45.3 Å². The van der Waals surface area contributed by atoms with Crippen molar-refractivity contribution in [3.63, 3.8) is 0 Å². The number of hydrogen-bond acceptors (Lipinski definition) is 2. The molecule has 1 aliphatic carbocycles. The molecule has 2 fully saturated rings. The largest absolute Gasteiger partial charge is 0.314 e. The van der Waals surface area contributed by atoms with Crippen LogP contribution in [0.2, 0.25) is 0 Å². The predicted octanol–water partition coefficient (Wildman–Crippen LogP) is 2.35. The number of hydrogen-bond donors (Lipinski definition) is 1. The van der Waals surface area contributed by atoms with Crippen molar-refractivity contribution in [2.24, 2.45) is 17.8 Å². The summed E-state index contributed by atoms with van der Waals surface area (Å²) in [4.78, 5) is 2.48. The second kappa shape index (κ2) is 5.50. The fourth-order valence-corrected chi connectivity index (χ4v) is 3.15. The summed E-state index contributed by atoms with van der Waals surface area (Å²) in [6.07, 6.45) is 5.65. The van der Waals surface area contributed by atoms with Gasteiger partial charge in [0.05, 0.1) is 0 Å². The molecule has 0 aromatic rings. The first kappa shape index (κ1) is 12.4. The monoisotopic (exact) mass is 224 g/mol. The average molecular weight is 224 g/mol. The van der Waals surface area contributed by atoms with Crippen molar-refractivity contribution in [1.82, 2.24) is 10.2 Å². The van der Waals surface area contributed by atoms with Crippen LogP contribution in [0.3, 0.4) is 0 Å². The Bertz CT molecular complexity index is 209. The molecule has 1 unspecified atom stereocenters. The highest BCUT2D eigenvalue weighted by Crippen LogP contribution is 2.33. The molecule has 2 aliphatic rings. The van der Waals surface area contributed by atoms with Crippen molar-refractivity contribution in [2.75, 3.05) is 26.7 Å². The van der Waals surface area contributed by atoms with Gasteiger partial charge < -0.3 is 10.2 Å². The number of nitrogens with zero attached hydrogens (tertiary/aromatic N) is 1. The SMILES string of the molecule is CC(C)C1CC(NCC2CCCN(C)C2)C1. The Morgan fingerprint density at radius 3 is 2.69 bits per heavy atom. The van der Waals surface area contributed by atoms with Crippen LogP contribution in [-0.2, 0) is 0 Å². The molecule has 0 bridgehead atoms. The molecule has 0 radical (unpaired) electrons. The lowest BCUT2D eigenvalue weighted by atomic mass is 9.73. The van der Waals surface area contributed by atoms with Gasteiger partial charge in [0.2, 0.25) is 0 Å². The highest BCUT2D eigenvalue weighted by atomic mass is 15.1. The topological polar surface area (TPSA) is 15.3 Å². The molecule has 2 heteroatoms. The van der Waals surface area contributed by atoms with E-state index in [1.807, 2.05) is 0 Å². The molecule has 2 nitrogen and oxygen atoms in total. The maximum Gasteiger partial charge on any atom is 0.00726 e. The van der Waals surface area contributed by atoms with E-state index in [0.29, 0.717) is 0 Å². The summed E-state index contributed by atoms with van der Waals surface area (Å²) in [7, 11) is 2.25. The summed E-state index contributed by atoms with van der Waals surface area (Å²) in [5, 5.41) is 3.77. The molecule has 1 saturated carbocycles. The van der Waals surface area contributed by atoms with Gasteiger partial charge in [-0.15, -0.1) is 0 Å². The molecular formula is C14H28N2. The minimum Gasteiger partial charge on any atom is -0.314 e. The third-order valence-electron chi connectivity index (χ3n) is 4.53. The van der Waals surface area contributed by atoms with Gasteiger partial charge in [0.15, 0.2) is 0 Å². The second-order valence-electron chi connectivity index (χ2n) is 6.35. The molecule has 2 rings (SSSR count). The van der Waals surface area contributed by atoms with Crippen molar-refractivity contribution in [3.05, 3.63) is 0 Å². The van der Waals surface area contributed by atoms with Gasteiger partial charge in [0.25, 0.3) is 0 Å². The molecule has 1 aliphatic heterocycles. The molecule has 16 heavy (non-hydrogen) atoms. The van der Waals surface area contributed by atoms with Crippen LogP contribution >= 0.6 is 0 Å². The first-order chi connectivity index (χ1) is 7.65. The van der Waals surface area contributed by atoms with E-state index in [9.17, 15) is 0 Å². The van der Waals surface area contributed by atoms with Crippen LogP contribution in [0.15, 0.2) is 0 Å². The van der Waals surface area contributed by atoms with Gasteiger partial charge in [-0.3, -0.25) is 0 Å². The average Bonchev–Trinajstić information content (AvgIpc) is 2.14. The van der Waals surface area contributed by atoms with E-state index in [0.717, 1.165) is 23.8 Å². The Morgan fingerprint density at radius 2 is 2.06 bits per heavy atom. The van der Waals surface area contributed by atoms with Crippen molar-refractivity contribution in [1.29, 1.82) is 0 Å². The Balaban J connectivity index is 1.58. The fourth-order valence-electron chi connectivity index (χ4n) is 3.15. The van der Waals surface area contributed by atoms with Crippen LogP contribution in [0.5, 0.6) is 0 Å². The van der Waals surface area contributed by atoms with E-state index < -0.39 is 0 Å². The predicted molar refractivity (Wildman–Crippen MR) is 69.6 cm³/mol. The van der Waals surface area contributed by atoms with Crippen molar-refractivity contribution in [2.45, 2.75) is 45.6 Å². The Kier molecular flexibility index (Phi) is 4.26. The zero-order chi connectivity index (χ0) is 11.5. The normalized spacial score (nSPS) is 36.4. The van der Waals surface area contributed by atoms with Gasteiger partial charge in [0.1, 0.15) is 0 Å². The van der Waals surface area contributed by atoms with Gasteiger partial charge >= 0.3 is 0 Å². The Morgan fingerprint density at radius 1 is 1.31 bits per heavy atom. The molecule has 0 amide bonds. The maximum absolute atomic E-state index is 3.77. The van der Waals surface area contributed by atoms with Gasteiger partial charge in [0, 0.05) is 12.6 Å². The van der Waals surface area contributed by atoms with Crippen molar-refractivity contribution < 1.29 is 0 Å². The minimum atomic E-state index is 0.833. The zero-order valence-corrected chi connectivity index (χ0v) is 11.2. The lowest BCUT2D eigenvalue weighted by molar-refractivity contribution is 0.148. The molecule has 1 atom stereocenters. The summed E-state index contributed by atoms with van der Waals surface area (Å²) in [6.45, 7) is 8.57. The number of rotatable bonds is 4. The summed E-state index contributed by atoms with van der Waals surface area (Å²) in [5.41, 5.74) is 0. The molecule has 1 saturated heterocycles. The van der Waals surface area contributed by atoms with Crippen molar-refractivity contribution >= 4 is 0 Å². The Hall–Kier alpha value is -0.0800. The number of nitrogens with one attached hydrogen (secondary N) is 1. The second-order valence-corrected chi connectivity index (χ2v) is 6.35. The van der Waals surface area contributed by atoms with E-state index in [2.05, 4.69) is 31.1 Å². The first-order valence-corrected chi connectivity index (χ1v) is 7.07. The third kappa shape index (κ3) is 3.21. The zero-order valence-electron chi connectivity index (χ0n) is 11.2. The van der Waals surface area contributed by atoms with Crippen LogP contribution in [0.25, 0.3) is 0 Å². The van der Waals surface area contributed by atoms with Crippen LogP contribution in [0, 0.1) is 17.8 Å². The summed E-state index contributed by atoms with van der Waals surface area (Å²) in [5.74, 6) is 2.78. The number of piperidine rings is 1. The standard InChI is InChI=1S/C14H28N2/c1-11(2)13-7-14(8-13)15-9-12-5-4-6-16(3)10-12/h11-15H,4-10H2,1-3H3. The minimum absolute atomic E-state index is 0.833. The smallest absolute Gasteiger partial charge is 0.00726 e. The van der Waals surface area contributed by atoms with Gasteiger partial charge in [-0.25, -0.2) is 0 Å². The fraction of sp³-hybridized carbons (Fsp3) is 1.00. The van der Waals surface area contributed by atoms with Crippen LogP contribution in [-0.4, -0.2) is 37.6 Å². The van der Waals surface area contributed by atoms with Gasteiger partial charge in [-0.1, -0.05) is 13.8 Å². The highest BCUT2D eigenvalue weighted by molar-refractivity contribution is 4.87. The van der Waals surface area contributed by atoms with Gasteiger partial charge in [-0.05, 0) is 63.6 Å². The quantitative estimate of drug-likeness (QED) is 0.788. The van der Waals surface area contributed by atoms with Gasteiger partial charge in [-0.2, -0.15) is 0 Å². The van der Waals surface area contributed by atoms with E-state index in [4.69, 9.17) is 0 Å². The molecule has 0 aromatic heterocycles. The van der Waals surface area contributed by atoms with Crippen LogP contribution in [0.1, 0.15) is 39.5 Å².